The Morgan fingerprint density at radius 3 is 2.22 bits per heavy atom. The topological polar surface area (TPSA) is 85.0 Å². The van der Waals surface area contributed by atoms with E-state index >= 15 is 0 Å². The fourth-order valence-electron chi connectivity index (χ4n) is 4.46. The van der Waals surface area contributed by atoms with Gasteiger partial charge in [-0.2, -0.15) is 0 Å². The first kappa shape index (κ1) is 30.1. The van der Waals surface area contributed by atoms with E-state index < -0.39 is 11.7 Å². The monoisotopic (exact) mass is 599 g/mol. The van der Waals surface area contributed by atoms with Crippen LogP contribution in [0.5, 0.6) is 0 Å². The number of hydrogen-bond donors (Lipinski definition) is 2. The number of nitrogens with one attached hydrogen (secondary N) is 2. The van der Waals surface area contributed by atoms with Gasteiger partial charge in [-0.05, 0) is 74.0 Å². The molecule has 4 amide bonds. The lowest BCUT2D eigenvalue weighted by Gasteiger charge is -2.36. The summed E-state index contributed by atoms with van der Waals surface area (Å²) in [4.78, 5) is 44.1. The quantitative estimate of drug-likeness (QED) is 0.350. The van der Waals surface area contributed by atoms with Gasteiger partial charge in [0.25, 0.3) is 5.91 Å². The van der Waals surface area contributed by atoms with Crippen LogP contribution in [-0.2, 0) is 11.3 Å². The average Bonchev–Trinajstić information content (AvgIpc) is 2.95. The zero-order valence-electron chi connectivity index (χ0n) is 22.9. The van der Waals surface area contributed by atoms with Gasteiger partial charge in [0.2, 0.25) is 5.91 Å². The molecule has 11 heteroatoms. The number of hydrogen-bond acceptors (Lipinski definition) is 4. The number of piperazine rings is 1. The summed E-state index contributed by atoms with van der Waals surface area (Å²) in [5.41, 5.74) is 2.30. The van der Waals surface area contributed by atoms with E-state index in [4.69, 9.17) is 23.2 Å². The number of halogens is 3. The molecule has 0 saturated carbocycles. The molecule has 41 heavy (non-hydrogen) atoms. The van der Waals surface area contributed by atoms with Crippen LogP contribution < -0.4 is 15.5 Å². The Labute approximate surface area is 249 Å². The van der Waals surface area contributed by atoms with E-state index in [2.05, 4.69) is 15.5 Å². The van der Waals surface area contributed by atoms with Crippen LogP contribution in [0.25, 0.3) is 0 Å². The highest BCUT2D eigenvalue weighted by Crippen LogP contribution is 2.28. The van der Waals surface area contributed by atoms with Crippen LogP contribution in [0.4, 0.5) is 20.6 Å². The van der Waals surface area contributed by atoms with E-state index in [1.165, 1.54) is 17.0 Å². The SMILES string of the molecule is CC(C)NC(=O)N1CCN(c2ccc(Cl)c(NC(=O)CN(Cc3ccc(F)cc3)C(=O)c3ccc(Cl)cc3)c2)CC1. The number of amides is 4. The van der Waals surface area contributed by atoms with Gasteiger partial charge in [0.05, 0.1) is 10.7 Å². The van der Waals surface area contributed by atoms with Crippen LogP contribution in [0, 0.1) is 5.82 Å². The number of urea groups is 1. The lowest BCUT2D eigenvalue weighted by molar-refractivity contribution is -0.117. The number of carbonyl (C=O) groups is 3. The van der Waals surface area contributed by atoms with Crippen LogP contribution in [0.3, 0.4) is 0 Å². The highest BCUT2D eigenvalue weighted by atomic mass is 35.5. The van der Waals surface area contributed by atoms with Crippen molar-refractivity contribution in [2.45, 2.75) is 26.4 Å². The van der Waals surface area contributed by atoms with Gasteiger partial charge in [0.1, 0.15) is 12.4 Å². The maximum atomic E-state index is 13.4. The fourth-order valence-corrected chi connectivity index (χ4v) is 4.75. The molecule has 0 bridgehead atoms. The Morgan fingerprint density at radius 1 is 0.927 bits per heavy atom. The van der Waals surface area contributed by atoms with Crippen molar-refractivity contribution in [2.75, 3.05) is 42.9 Å². The predicted octanol–water partition coefficient (Wildman–Crippen LogP) is 5.65. The van der Waals surface area contributed by atoms with Crippen LogP contribution in [-0.4, -0.2) is 66.4 Å². The summed E-state index contributed by atoms with van der Waals surface area (Å²) in [6.07, 6.45) is 0. The molecule has 216 valence electrons. The van der Waals surface area contributed by atoms with Crippen molar-refractivity contribution < 1.29 is 18.8 Å². The molecule has 4 rings (SSSR count). The second-order valence-electron chi connectivity index (χ2n) is 10.1. The van der Waals surface area contributed by atoms with Gasteiger partial charge in [-0.15, -0.1) is 0 Å². The molecular weight excluding hydrogens is 568 g/mol. The van der Waals surface area contributed by atoms with Gasteiger partial charge < -0.3 is 25.3 Å². The predicted molar refractivity (Wildman–Crippen MR) is 160 cm³/mol. The van der Waals surface area contributed by atoms with Crippen molar-refractivity contribution in [3.63, 3.8) is 0 Å². The second-order valence-corrected chi connectivity index (χ2v) is 10.9. The molecule has 0 aliphatic carbocycles. The molecular formula is C30H32Cl2FN5O3. The summed E-state index contributed by atoms with van der Waals surface area (Å²) >= 11 is 12.4. The van der Waals surface area contributed by atoms with Crippen LogP contribution in [0.15, 0.2) is 66.7 Å². The third-order valence-corrected chi connectivity index (χ3v) is 7.15. The molecule has 0 aromatic heterocycles. The Hall–Kier alpha value is -3.82. The van der Waals surface area contributed by atoms with E-state index in [1.54, 1.807) is 53.4 Å². The van der Waals surface area contributed by atoms with E-state index in [1.807, 2.05) is 19.9 Å². The zero-order chi connectivity index (χ0) is 29.5. The number of rotatable bonds is 8. The van der Waals surface area contributed by atoms with E-state index in [0.717, 1.165) is 5.69 Å². The Bertz CT molecular complexity index is 1380. The van der Waals surface area contributed by atoms with E-state index in [-0.39, 0.29) is 31.1 Å². The van der Waals surface area contributed by atoms with Gasteiger partial charge >= 0.3 is 6.03 Å². The summed E-state index contributed by atoms with van der Waals surface area (Å²) in [7, 11) is 0. The summed E-state index contributed by atoms with van der Waals surface area (Å²) in [5.74, 6) is -1.21. The van der Waals surface area contributed by atoms with Gasteiger partial charge in [0, 0.05) is 55.0 Å². The highest BCUT2D eigenvalue weighted by molar-refractivity contribution is 6.34. The molecule has 1 aliphatic rings. The third kappa shape index (κ3) is 8.34. The first-order valence-electron chi connectivity index (χ1n) is 13.3. The Balaban J connectivity index is 1.45. The number of anilines is 2. The molecule has 0 radical (unpaired) electrons. The molecule has 0 spiro atoms. The second kappa shape index (κ2) is 13.7. The van der Waals surface area contributed by atoms with E-state index in [0.29, 0.717) is 53.0 Å². The highest BCUT2D eigenvalue weighted by Gasteiger charge is 2.23. The molecule has 1 fully saturated rings. The maximum absolute atomic E-state index is 13.4. The lowest BCUT2D eigenvalue weighted by atomic mass is 10.1. The number of carbonyl (C=O) groups excluding carboxylic acids is 3. The van der Waals surface area contributed by atoms with Crippen molar-refractivity contribution in [3.05, 3.63) is 93.7 Å². The third-order valence-electron chi connectivity index (χ3n) is 6.57. The summed E-state index contributed by atoms with van der Waals surface area (Å²) in [6.45, 7) is 6.06. The molecule has 1 heterocycles. The first-order valence-corrected chi connectivity index (χ1v) is 14.0. The molecule has 3 aromatic rings. The Morgan fingerprint density at radius 2 is 1.59 bits per heavy atom. The van der Waals surface area contributed by atoms with Gasteiger partial charge in [-0.1, -0.05) is 35.3 Å². The molecule has 1 aliphatic heterocycles. The minimum absolute atomic E-state index is 0.0658. The largest absolute Gasteiger partial charge is 0.368 e. The van der Waals surface area contributed by atoms with Crippen LogP contribution in [0.2, 0.25) is 10.0 Å². The molecule has 8 nitrogen and oxygen atoms in total. The van der Waals surface area contributed by atoms with Crippen molar-refractivity contribution in [1.29, 1.82) is 0 Å². The molecule has 3 aromatic carbocycles. The fraction of sp³-hybridized carbons (Fsp3) is 0.300. The first-order chi connectivity index (χ1) is 19.6. The minimum Gasteiger partial charge on any atom is -0.368 e. The zero-order valence-corrected chi connectivity index (χ0v) is 24.4. The van der Waals surface area contributed by atoms with Crippen molar-refractivity contribution in [1.82, 2.24) is 15.1 Å². The molecule has 0 unspecified atom stereocenters. The van der Waals surface area contributed by atoms with Crippen LogP contribution >= 0.6 is 23.2 Å². The minimum atomic E-state index is -0.441. The molecule has 2 N–H and O–H groups in total. The van der Waals surface area contributed by atoms with Gasteiger partial charge in [-0.25, -0.2) is 9.18 Å². The van der Waals surface area contributed by atoms with Crippen molar-refractivity contribution in [3.8, 4) is 0 Å². The summed E-state index contributed by atoms with van der Waals surface area (Å²) in [6, 6.07) is 17.5. The van der Waals surface area contributed by atoms with Crippen LogP contribution in [0.1, 0.15) is 29.8 Å². The van der Waals surface area contributed by atoms with Gasteiger partial charge in [-0.3, -0.25) is 9.59 Å². The Kier molecular flexibility index (Phi) is 10.1. The number of nitrogens with zero attached hydrogens (tertiary/aromatic N) is 3. The summed E-state index contributed by atoms with van der Waals surface area (Å²) in [5, 5.41) is 6.58. The molecule has 1 saturated heterocycles. The number of benzene rings is 3. The smallest absolute Gasteiger partial charge is 0.317 e. The normalized spacial score (nSPS) is 13.2. The maximum Gasteiger partial charge on any atom is 0.317 e. The van der Waals surface area contributed by atoms with E-state index in [9.17, 15) is 18.8 Å². The van der Waals surface area contributed by atoms with Gasteiger partial charge in [0.15, 0.2) is 0 Å². The summed E-state index contributed by atoms with van der Waals surface area (Å²) < 4.78 is 13.4. The van der Waals surface area contributed by atoms with Crippen molar-refractivity contribution >= 4 is 52.4 Å². The average molecular weight is 601 g/mol. The van der Waals surface area contributed by atoms with Crippen molar-refractivity contribution in [2.24, 2.45) is 0 Å². The lowest BCUT2D eigenvalue weighted by Crippen LogP contribution is -2.52. The molecule has 0 atom stereocenters. The standard InChI is InChI=1S/C30H32Cl2FN5O3/c1-20(2)34-30(41)37-15-13-36(14-16-37)25-11-12-26(32)27(17-25)35-28(39)19-38(18-21-3-9-24(33)10-4-21)29(40)22-5-7-23(31)8-6-22/h3-12,17,20H,13-16,18-19H2,1-2H3,(H,34,41)(H,35,39).